The van der Waals surface area contributed by atoms with E-state index in [0.29, 0.717) is 45.8 Å². The van der Waals surface area contributed by atoms with Gasteiger partial charge in [0.05, 0.1) is 52.7 Å². The third-order valence-corrected chi connectivity index (χ3v) is 8.06. The summed E-state index contributed by atoms with van der Waals surface area (Å²) in [6.07, 6.45) is 0.470. The monoisotopic (exact) mass is 490 g/mol. The van der Waals surface area contributed by atoms with E-state index >= 15 is 0 Å². The zero-order valence-electron chi connectivity index (χ0n) is 19.8. The van der Waals surface area contributed by atoms with Crippen molar-refractivity contribution in [2.24, 2.45) is 0 Å². The molecule has 35 heavy (non-hydrogen) atoms. The molecule has 0 bridgehead atoms. The van der Waals surface area contributed by atoms with Gasteiger partial charge < -0.3 is 10.1 Å². The highest BCUT2D eigenvalue weighted by molar-refractivity contribution is 7.91. The number of carbonyl (C=O) groups excluding carboxylic acids is 1. The van der Waals surface area contributed by atoms with Gasteiger partial charge in [0.2, 0.25) is 0 Å². The van der Waals surface area contributed by atoms with E-state index < -0.39 is 9.84 Å². The van der Waals surface area contributed by atoms with Gasteiger partial charge in [0, 0.05) is 5.56 Å². The highest BCUT2D eigenvalue weighted by atomic mass is 32.2. The molecule has 0 unspecified atom stereocenters. The summed E-state index contributed by atoms with van der Waals surface area (Å²) in [5.41, 5.74) is 4.56. The second-order valence-electron chi connectivity index (χ2n) is 8.86. The highest BCUT2D eigenvalue weighted by Crippen LogP contribution is 2.33. The van der Waals surface area contributed by atoms with E-state index in [1.807, 2.05) is 62.4 Å². The molecular weight excluding hydrogens is 464 g/mol. The van der Waals surface area contributed by atoms with E-state index in [2.05, 4.69) is 10.4 Å². The zero-order chi connectivity index (χ0) is 24.7. The van der Waals surface area contributed by atoms with E-state index in [4.69, 9.17) is 9.72 Å². The Morgan fingerprint density at radius 3 is 2.57 bits per heavy atom. The predicted octanol–water partition coefficient (Wildman–Crippen LogP) is 4.34. The normalized spacial score (nSPS) is 16.9. The van der Waals surface area contributed by atoms with Crippen molar-refractivity contribution in [1.82, 2.24) is 14.8 Å². The first kappa shape index (κ1) is 23.0. The third-order valence-electron chi connectivity index (χ3n) is 6.31. The predicted molar refractivity (Wildman–Crippen MR) is 136 cm³/mol. The Morgan fingerprint density at radius 1 is 1.11 bits per heavy atom. The quantitative estimate of drug-likeness (QED) is 0.447. The number of methoxy groups -OCH3 is 1. The van der Waals surface area contributed by atoms with Crippen LogP contribution >= 0.6 is 0 Å². The van der Waals surface area contributed by atoms with E-state index in [0.717, 1.165) is 11.1 Å². The first-order valence-electron chi connectivity index (χ1n) is 11.4. The van der Waals surface area contributed by atoms with Gasteiger partial charge in [0.1, 0.15) is 5.75 Å². The van der Waals surface area contributed by atoms with Crippen molar-refractivity contribution >= 4 is 32.5 Å². The average Bonchev–Trinajstić information content (AvgIpc) is 3.37. The van der Waals surface area contributed by atoms with Gasteiger partial charge in [-0.05, 0) is 44.0 Å². The Balaban J connectivity index is 1.68. The number of amides is 1. The SMILES string of the molecule is COc1ccc(C)cc1NC(=O)c1cc(-c2ccccc2)nc2c1c(C)nn2[C@@H]1CCS(=O)(=O)C1. The Labute approximate surface area is 203 Å². The van der Waals surface area contributed by atoms with Crippen molar-refractivity contribution in [3.05, 3.63) is 71.4 Å². The molecule has 0 aliphatic carbocycles. The molecular formula is C26H26N4O4S. The van der Waals surface area contributed by atoms with Crippen LogP contribution in [0.25, 0.3) is 22.3 Å². The lowest BCUT2D eigenvalue weighted by molar-refractivity contribution is 0.102. The Hall–Kier alpha value is -3.72. The minimum atomic E-state index is -3.13. The van der Waals surface area contributed by atoms with E-state index in [1.54, 1.807) is 17.9 Å². The standard InChI is InChI=1S/C26H26N4O4S/c1-16-9-10-23(34-3)22(13-16)28-26(31)20-14-21(18-7-5-4-6-8-18)27-25-24(20)17(2)29-30(25)19-11-12-35(32,33)15-19/h4-10,13-14,19H,11-12,15H2,1-3H3,(H,28,31)/t19-/m1/s1. The molecule has 0 spiro atoms. The number of ether oxygens (including phenoxy) is 1. The smallest absolute Gasteiger partial charge is 0.256 e. The van der Waals surface area contributed by atoms with Crippen LogP contribution in [0.1, 0.15) is 34.1 Å². The first-order chi connectivity index (χ1) is 16.8. The molecule has 1 fully saturated rings. The third kappa shape index (κ3) is 4.39. The molecule has 8 nitrogen and oxygen atoms in total. The number of benzene rings is 2. The summed E-state index contributed by atoms with van der Waals surface area (Å²) in [6, 6.07) is 16.6. The van der Waals surface area contributed by atoms with Crippen LogP contribution in [0.2, 0.25) is 0 Å². The second-order valence-corrected chi connectivity index (χ2v) is 11.1. The molecule has 1 amide bonds. The van der Waals surface area contributed by atoms with Crippen molar-refractivity contribution in [3.8, 4) is 17.0 Å². The number of nitrogens with one attached hydrogen (secondary N) is 1. The van der Waals surface area contributed by atoms with Gasteiger partial charge in [-0.15, -0.1) is 0 Å². The molecule has 4 aromatic rings. The number of aryl methyl sites for hydroxylation is 2. The summed E-state index contributed by atoms with van der Waals surface area (Å²) in [4.78, 5) is 18.5. The molecule has 180 valence electrons. The molecule has 3 heterocycles. The van der Waals surface area contributed by atoms with Crippen molar-refractivity contribution < 1.29 is 17.9 Å². The maximum atomic E-state index is 13.6. The molecule has 1 saturated heterocycles. The molecule has 5 rings (SSSR count). The van der Waals surface area contributed by atoms with Crippen LogP contribution < -0.4 is 10.1 Å². The first-order valence-corrected chi connectivity index (χ1v) is 13.2. The Kier molecular flexibility index (Phi) is 5.80. The number of rotatable bonds is 5. The van der Waals surface area contributed by atoms with Gasteiger partial charge in [-0.1, -0.05) is 36.4 Å². The summed E-state index contributed by atoms with van der Waals surface area (Å²) >= 11 is 0. The fourth-order valence-electron chi connectivity index (χ4n) is 4.58. The number of aromatic nitrogens is 3. The molecule has 2 aromatic carbocycles. The maximum Gasteiger partial charge on any atom is 0.256 e. The van der Waals surface area contributed by atoms with Crippen molar-refractivity contribution in [1.29, 1.82) is 0 Å². The minimum Gasteiger partial charge on any atom is -0.495 e. The Morgan fingerprint density at radius 2 is 1.89 bits per heavy atom. The van der Waals surface area contributed by atoms with Crippen LogP contribution in [-0.4, -0.2) is 47.7 Å². The summed E-state index contributed by atoms with van der Waals surface area (Å²) < 4.78 is 31.5. The summed E-state index contributed by atoms with van der Waals surface area (Å²) in [5.74, 6) is 0.376. The molecule has 2 aromatic heterocycles. The van der Waals surface area contributed by atoms with Gasteiger partial charge in [-0.2, -0.15) is 5.10 Å². The molecule has 0 saturated carbocycles. The van der Waals surface area contributed by atoms with Crippen LogP contribution in [0.5, 0.6) is 5.75 Å². The van der Waals surface area contributed by atoms with Crippen LogP contribution in [-0.2, 0) is 9.84 Å². The Bertz CT molecular complexity index is 1540. The van der Waals surface area contributed by atoms with Crippen LogP contribution in [0.4, 0.5) is 5.69 Å². The van der Waals surface area contributed by atoms with E-state index in [-0.39, 0.29) is 23.5 Å². The van der Waals surface area contributed by atoms with Gasteiger partial charge in [0.15, 0.2) is 15.5 Å². The summed E-state index contributed by atoms with van der Waals surface area (Å²) in [5, 5.41) is 8.25. The number of sulfone groups is 1. The fraction of sp³-hybridized carbons (Fsp3) is 0.269. The number of nitrogens with zero attached hydrogens (tertiary/aromatic N) is 3. The summed E-state index contributed by atoms with van der Waals surface area (Å²) in [6.45, 7) is 3.76. The van der Waals surface area contributed by atoms with E-state index in [9.17, 15) is 13.2 Å². The number of hydrogen-bond acceptors (Lipinski definition) is 6. The number of carbonyl (C=O) groups is 1. The lowest BCUT2D eigenvalue weighted by Gasteiger charge is -2.14. The number of hydrogen-bond donors (Lipinski definition) is 1. The van der Waals surface area contributed by atoms with Crippen LogP contribution in [0.15, 0.2) is 54.6 Å². The van der Waals surface area contributed by atoms with Gasteiger partial charge in [-0.25, -0.2) is 18.1 Å². The fourth-order valence-corrected chi connectivity index (χ4v) is 6.27. The van der Waals surface area contributed by atoms with E-state index in [1.165, 1.54) is 0 Å². The lowest BCUT2D eigenvalue weighted by atomic mass is 10.0. The zero-order valence-corrected chi connectivity index (χ0v) is 20.6. The highest BCUT2D eigenvalue weighted by Gasteiger charge is 2.32. The molecule has 0 radical (unpaired) electrons. The second kappa shape index (κ2) is 8.81. The van der Waals surface area contributed by atoms with Gasteiger partial charge in [-0.3, -0.25) is 4.79 Å². The number of pyridine rings is 1. The van der Waals surface area contributed by atoms with Crippen LogP contribution in [0.3, 0.4) is 0 Å². The topological polar surface area (TPSA) is 103 Å². The van der Waals surface area contributed by atoms with Gasteiger partial charge in [0.25, 0.3) is 5.91 Å². The van der Waals surface area contributed by atoms with Crippen molar-refractivity contribution in [2.45, 2.75) is 26.3 Å². The van der Waals surface area contributed by atoms with Crippen molar-refractivity contribution in [2.75, 3.05) is 23.9 Å². The number of anilines is 1. The molecule has 1 atom stereocenters. The van der Waals surface area contributed by atoms with Crippen molar-refractivity contribution in [3.63, 3.8) is 0 Å². The van der Waals surface area contributed by atoms with Crippen LogP contribution in [0, 0.1) is 13.8 Å². The molecule has 9 heteroatoms. The summed E-state index contributed by atoms with van der Waals surface area (Å²) in [7, 11) is -1.57. The minimum absolute atomic E-state index is 0.0164. The number of fused-ring (bicyclic) bond motifs is 1. The largest absolute Gasteiger partial charge is 0.495 e. The van der Waals surface area contributed by atoms with Gasteiger partial charge >= 0.3 is 0 Å². The lowest BCUT2D eigenvalue weighted by Crippen LogP contribution is -2.15. The average molecular weight is 491 g/mol. The maximum absolute atomic E-state index is 13.6. The molecule has 1 N–H and O–H groups in total. The molecule has 1 aliphatic heterocycles. The molecule has 1 aliphatic rings.